The number of halogens is 2. The molecule has 0 amide bonds. The number of aromatic amines is 1. The van der Waals surface area contributed by atoms with Crippen molar-refractivity contribution in [3.05, 3.63) is 43.0 Å². The van der Waals surface area contributed by atoms with Crippen molar-refractivity contribution in [3.63, 3.8) is 0 Å². The number of esters is 1. The van der Waals surface area contributed by atoms with Gasteiger partial charge in [0.15, 0.2) is 0 Å². The van der Waals surface area contributed by atoms with E-state index in [0.717, 1.165) is 4.57 Å². The van der Waals surface area contributed by atoms with Crippen molar-refractivity contribution in [2.75, 3.05) is 7.11 Å². The van der Waals surface area contributed by atoms with E-state index in [-0.39, 0.29) is 27.5 Å². The van der Waals surface area contributed by atoms with Gasteiger partial charge in [-0.15, -0.1) is 0 Å². The largest absolute Gasteiger partial charge is 0.468 e. The fourth-order valence-electron chi connectivity index (χ4n) is 1.68. The number of ether oxygens (including phenoxy) is 1. The summed E-state index contributed by atoms with van der Waals surface area (Å²) in [5.74, 6) is -0.633. The second-order valence-corrected chi connectivity index (χ2v) is 4.55. The van der Waals surface area contributed by atoms with E-state index in [0.29, 0.717) is 0 Å². The molecule has 0 bridgehead atoms. The Bertz CT molecular complexity index is 779. The number of hydrogen-bond acceptors (Lipinski definition) is 4. The summed E-state index contributed by atoms with van der Waals surface area (Å²) in [6.07, 6.45) is 0. The minimum Gasteiger partial charge on any atom is -0.468 e. The molecule has 8 heteroatoms. The van der Waals surface area contributed by atoms with Crippen LogP contribution in [0.4, 0.5) is 0 Å². The van der Waals surface area contributed by atoms with Crippen LogP contribution in [0.25, 0.3) is 10.9 Å². The third-order valence-electron chi connectivity index (χ3n) is 2.53. The lowest BCUT2D eigenvalue weighted by molar-refractivity contribution is -0.141. The number of aromatic nitrogens is 2. The van der Waals surface area contributed by atoms with Crippen molar-refractivity contribution in [3.8, 4) is 0 Å². The van der Waals surface area contributed by atoms with Gasteiger partial charge in [-0.3, -0.25) is 19.1 Å². The maximum Gasteiger partial charge on any atom is 0.329 e. The Labute approximate surface area is 116 Å². The van der Waals surface area contributed by atoms with Gasteiger partial charge in [0.2, 0.25) is 0 Å². The van der Waals surface area contributed by atoms with Crippen LogP contribution in [0.1, 0.15) is 0 Å². The summed E-state index contributed by atoms with van der Waals surface area (Å²) in [5.41, 5.74) is -1.19. The Morgan fingerprint density at radius 2 is 2.05 bits per heavy atom. The summed E-state index contributed by atoms with van der Waals surface area (Å²) in [6, 6.07) is 2.77. The monoisotopic (exact) mass is 302 g/mol. The molecule has 1 heterocycles. The molecule has 1 aromatic carbocycles. The standard InChI is InChI=1S/C11H8Cl2N2O4/c1-19-8(16)4-15-7-3-5(12)2-6(13)9(7)10(17)14-11(15)18/h2-3H,4H2,1H3,(H,14,17,18). The van der Waals surface area contributed by atoms with E-state index < -0.39 is 17.2 Å². The Morgan fingerprint density at radius 1 is 1.37 bits per heavy atom. The molecule has 0 fully saturated rings. The highest BCUT2D eigenvalue weighted by atomic mass is 35.5. The molecule has 0 unspecified atom stereocenters. The molecular weight excluding hydrogens is 295 g/mol. The van der Waals surface area contributed by atoms with Crippen molar-refractivity contribution in [1.29, 1.82) is 0 Å². The zero-order valence-corrected chi connectivity index (χ0v) is 11.2. The van der Waals surface area contributed by atoms with Crippen LogP contribution >= 0.6 is 23.2 Å². The Balaban J connectivity index is 2.86. The Hall–Kier alpha value is -1.79. The SMILES string of the molecule is COC(=O)Cn1c(=O)[nH]c(=O)c2c(Cl)cc(Cl)cc21. The van der Waals surface area contributed by atoms with Gasteiger partial charge in [0, 0.05) is 5.02 Å². The second-order valence-electron chi connectivity index (χ2n) is 3.70. The number of benzene rings is 1. The smallest absolute Gasteiger partial charge is 0.329 e. The quantitative estimate of drug-likeness (QED) is 0.844. The number of carbonyl (C=O) groups excluding carboxylic acids is 1. The fraction of sp³-hybridized carbons (Fsp3) is 0.182. The first-order valence-corrected chi connectivity index (χ1v) is 5.88. The van der Waals surface area contributed by atoms with E-state index >= 15 is 0 Å². The van der Waals surface area contributed by atoms with Gasteiger partial charge in [-0.2, -0.15) is 0 Å². The van der Waals surface area contributed by atoms with Crippen molar-refractivity contribution < 1.29 is 9.53 Å². The van der Waals surface area contributed by atoms with Crippen molar-refractivity contribution in [1.82, 2.24) is 9.55 Å². The molecule has 0 aliphatic heterocycles. The van der Waals surface area contributed by atoms with E-state index in [1.165, 1.54) is 19.2 Å². The molecule has 100 valence electrons. The number of hydrogen-bond donors (Lipinski definition) is 1. The van der Waals surface area contributed by atoms with E-state index in [2.05, 4.69) is 9.72 Å². The number of carbonyl (C=O) groups is 1. The molecule has 0 spiro atoms. The maximum atomic E-state index is 11.7. The van der Waals surface area contributed by atoms with Crippen LogP contribution in [0.2, 0.25) is 10.0 Å². The van der Waals surface area contributed by atoms with Crippen molar-refractivity contribution in [2.45, 2.75) is 6.54 Å². The number of fused-ring (bicyclic) bond motifs is 1. The molecule has 0 aliphatic rings. The highest BCUT2D eigenvalue weighted by molar-refractivity contribution is 6.38. The van der Waals surface area contributed by atoms with Gasteiger partial charge in [0.25, 0.3) is 5.56 Å². The Kier molecular flexibility index (Phi) is 3.64. The number of H-pyrrole nitrogens is 1. The van der Waals surface area contributed by atoms with Gasteiger partial charge >= 0.3 is 11.7 Å². The van der Waals surface area contributed by atoms with Gasteiger partial charge < -0.3 is 4.74 Å². The van der Waals surface area contributed by atoms with Crippen LogP contribution in [0, 0.1) is 0 Å². The third-order valence-corrected chi connectivity index (χ3v) is 3.05. The first kappa shape index (κ1) is 13.6. The van der Waals surface area contributed by atoms with Crippen molar-refractivity contribution in [2.24, 2.45) is 0 Å². The van der Waals surface area contributed by atoms with Crippen molar-refractivity contribution >= 4 is 40.1 Å². The predicted molar refractivity (Wildman–Crippen MR) is 70.9 cm³/mol. The highest BCUT2D eigenvalue weighted by Crippen LogP contribution is 2.24. The average Bonchev–Trinajstić information content (AvgIpc) is 2.32. The topological polar surface area (TPSA) is 81.2 Å². The lowest BCUT2D eigenvalue weighted by Crippen LogP contribution is -2.32. The molecule has 0 aliphatic carbocycles. The molecule has 1 aromatic heterocycles. The first-order chi connectivity index (χ1) is 8.93. The van der Waals surface area contributed by atoms with Gasteiger partial charge in [0.1, 0.15) is 6.54 Å². The van der Waals surface area contributed by atoms with E-state index in [4.69, 9.17) is 23.2 Å². The highest BCUT2D eigenvalue weighted by Gasteiger charge is 2.14. The van der Waals surface area contributed by atoms with Gasteiger partial charge in [-0.05, 0) is 12.1 Å². The number of nitrogens with one attached hydrogen (secondary N) is 1. The van der Waals surface area contributed by atoms with Gasteiger partial charge in [0.05, 0.1) is 23.0 Å². The number of nitrogens with zero attached hydrogens (tertiary/aromatic N) is 1. The molecule has 1 N–H and O–H groups in total. The van der Waals surface area contributed by atoms with Crippen LogP contribution < -0.4 is 11.2 Å². The molecular formula is C11H8Cl2N2O4. The molecule has 2 rings (SSSR count). The third kappa shape index (κ3) is 2.50. The van der Waals surface area contributed by atoms with Crippen LogP contribution in [-0.4, -0.2) is 22.6 Å². The summed E-state index contributed by atoms with van der Waals surface area (Å²) in [4.78, 5) is 36.8. The van der Waals surface area contributed by atoms with E-state index in [9.17, 15) is 14.4 Å². The molecule has 2 aromatic rings. The minimum atomic E-state index is -0.735. The molecule has 0 radical (unpaired) electrons. The maximum absolute atomic E-state index is 11.7. The lowest BCUT2D eigenvalue weighted by atomic mass is 10.2. The fourth-order valence-corrected chi connectivity index (χ4v) is 2.25. The molecule has 0 atom stereocenters. The minimum absolute atomic E-state index is 0.0922. The summed E-state index contributed by atoms with van der Waals surface area (Å²) in [6.45, 7) is -0.348. The molecule has 0 saturated carbocycles. The molecule has 6 nitrogen and oxygen atoms in total. The van der Waals surface area contributed by atoms with Gasteiger partial charge in [-0.1, -0.05) is 23.2 Å². The van der Waals surface area contributed by atoms with Crippen LogP contribution in [0.15, 0.2) is 21.7 Å². The summed E-state index contributed by atoms with van der Waals surface area (Å²) >= 11 is 11.8. The normalized spacial score (nSPS) is 10.7. The van der Waals surface area contributed by atoms with E-state index in [1.54, 1.807) is 0 Å². The predicted octanol–water partition coefficient (Wildman–Crippen LogP) is 1.17. The zero-order valence-electron chi connectivity index (χ0n) is 9.70. The Morgan fingerprint density at radius 3 is 2.68 bits per heavy atom. The zero-order chi connectivity index (χ0) is 14.2. The number of rotatable bonds is 2. The second kappa shape index (κ2) is 5.07. The number of methoxy groups -OCH3 is 1. The van der Waals surface area contributed by atoms with Crippen LogP contribution in [0.3, 0.4) is 0 Å². The molecule has 19 heavy (non-hydrogen) atoms. The van der Waals surface area contributed by atoms with Crippen LogP contribution in [0.5, 0.6) is 0 Å². The van der Waals surface area contributed by atoms with Crippen LogP contribution in [-0.2, 0) is 16.1 Å². The first-order valence-electron chi connectivity index (χ1n) is 5.12. The molecule has 0 saturated heterocycles. The van der Waals surface area contributed by atoms with Gasteiger partial charge in [-0.25, -0.2) is 4.79 Å². The summed E-state index contributed by atoms with van der Waals surface area (Å²) in [5, 5.41) is 0.443. The van der Waals surface area contributed by atoms with E-state index in [1.807, 2.05) is 0 Å². The summed E-state index contributed by atoms with van der Waals surface area (Å²) in [7, 11) is 1.20. The average molecular weight is 303 g/mol. The summed E-state index contributed by atoms with van der Waals surface area (Å²) < 4.78 is 5.53. The lowest BCUT2D eigenvalue weighted by Gasteiger charge is -2.09.